The molecule has 172 valence electrons. The SMILES string of the molecule is COc1cc2c(cc1OC)C(c1cccs1)N(C(=O)Nc1ccc(N3CCCC3)nc1)CC2. The fourth-order valence-corrected chi connectivity index (χ4v) is 5.56. The Labute approximate surface area is 198 Å². The van der Waals surface area contributed by atoms with E-state index >= 15 is 0 Å². The van der Waals surface area contributed by atoms with Crippen LogP contribution in [-0.2, 0) is 6.42 Å². The number of hydrogen-bond donors (Lipinski definition) is 1. The van der Waals surface area contributed by atoms with Gasteiger partial charge in [0.25, 0.3) is 0 Å². The topological polar surface area (TPSA) is 66.9 Å². The van der Waals surface area contributed by atoms with Gasteiger partial charge in [0, 0.05) is 24.5 Å². The van der Waals surface area contributed by atoms with Gasteiger partial charge in [0.15, 0.2) is 11.5 Å². The van der Waals surface area contributed by atoms with E-state index in [2.05, 4.69) is 21.3 Å². The third-order valence-corrected chi connectivity index (χ3v) is 7.30. The number of amides is 2. The van der Waals surface area contributed by atoms with E-state index < -0.39 is 0 Å². The number of nitrogens with zero attached hydrogens (tertiary/aromatic N) is 3. The Bertz CT molecular complexity index is 1110. The Hall–Kier alpha value is -3.26. The van der Waals surface area contributed by atoms with Gasteiger partial charge in [0.05, 0.1) is 32.1 Å². The van der Waals surface area contributed by atoms with Gasteiger partial charge in [0.1, 0.15) is 5.82 Å². The van der Waals surface area contributed by atoms with E-state index in [0.717, 1.165) is 35.8 Å². The van der Waals surface area contributed by atoms with Gasteiger partial charge in [-0.2, -0.15) is 0 Å². The average molecular weight is 465 g/mol. The first-order valence-corrected chi connectivity index (χ1v) is 12.1. The van der Waals surface area contributed by atoms with Crippen LogP contribution in [0.2, 0.25) is 0 Å². The van der Waals surface area contributed by atoms with Crippen molar-refractivity contribution in [2.24, 2.45) is 0 Å². The highest BCUT2D eigenvalue weighted by Crippen LogP contribution is 2.42. The number of rotatable bonds is 5. The molecule has 1 saturated heterocycles. The molecule has 1 unspecified atom stereocenters. The molecule has 1 fully saturated rings. The molecule has 0 saturated carbocycles. The number of hydrogen-bond acceptors (Lipinski definition) is 6. The van der Waals surface area contributed by atoms with Crippen LogP contribution in [0.4, 0.5) is 16.3 Å². The Kier molecular flexibility index (Phi) is 6.09. The minimum absolute atomic E-state index is 0.135. The Morgan fingerprint density at radius 2 is 1.88 bits per heavy atom. The van der Waals surface area contributed by atoms with Crippen molar-refractivity contribution in [1.82, 2.24) is 9.88 Å². The minimum Gasteiger partial charge on any atom is -0.493 e. The predicted octanol–water partition coefficient (Wildman–Crippen LogP) is 4.94. The molecule has 0 radical (unpaired) electrons. The average Bonchev–Trinajstić information content (AvgIpc) is 3.57. The molecule has 1 N–H and O–H groups in total. The zero-order valence-corrected chi connectivity index (χ0v) is 19.7. The van der Waals surface area contributed by atoms with Crippen LogP contribution in [0.15, 0.2) is 48.0 Å². The molecule has 3 aromatic rings. The second-order valence-electron chi connectivity index (χ2n) is 8.30. The van der Waals surface area contributed by atoms with Crippen molar-refractivity contribution in [3.8, 4) is 11.5 Å². The maximum Gasteiger partial charge on any atom is 0.322 e. The Balaban J connectivity index is 1.42. The van der Waals surface area contributed by atoms with Crippen LogP contribution in [0.5, 0.6) is 11.5 Å². The normalized spacial score (nSPS) is 17.6. The van der Waals surface area contributed by atoms with Crippen molar-refractivity contribution in [3.05, 3.63) is 64.0 Å². The number of fused-ring (bicyclic) bond motifs is 1. The Morgan fingerprint density at radius 1 is 1.09 bits per heavy atom. The molecular weight excluding hydrogens is 436 g/mol. The maximum atomic E-state index is 13.4. The number of anilines is 2. The zero-order valence-electron chi connectivity index (χ0n) is 18.9. The largest absolute Gasteiger partial charge is 0.493 e. The van der Waals surface area contributed by atoms with Crippen LogP contribution in [0.1, 0.15) is 34.9 Å². The molecule has 0 spiro atoms. The number of urea groups is 1. The molecule has 1 atom stereocenters. The Morgan fingerprint density at radius 3 is 2.55 bits per heavy atom. The summed E-state index contributed by atoms with van der Waals surface area (Å²) in [5, 5.41) is 5.10. The van der Waals surface area contributed by atoms with Gasteiger partial charge in [-0.3, -0.25) is 0 Å². The molecule has 8 heteroatoms. The summed E-state index contributed by atoms with van der Waals surface area (Å²) in [6.45, 7) is 2.70. The number of methoxy groups -OCH3 is 2. The molecular formula is C25H28N4O3S. The minimum atomic E-state index is -0.189. The summed E-state index contributed by atoms with van der Waals surface area (Å²) < 4.78 is 11.1. The summed E-state index contributed by atoms with van der Waals surface area (Å²) >= 11 is 1.65. The maximum absolute atomic E-state index is 13.4. The number of nitrogens with one attached hydrogen (secondary N) is 1. The van der Waals surface area contributed by atoms with E-state index in [0.29, 0.717) is 23.7 Å². The van der Waals surface area contributed by atoms with E-state index in [1.165, 1.54) is 18.4 Å². The second kappa shape index (κ2) is 9.31. The van der Waals surface area contributed by atoms with Crippen LogP contribution in [-0.4, -0.2) is 49.8 Å². The van der Waals surface area contributed by atoms with E-state index in [1.54, 1.807) is 31.8 Å². The number of carbonyl (C=O) groups excluding carboxylic acids is 1. The number of carbonyl (C=O) groups is 1. The molecule has 2 aliphatic heterocycles. The van der Waals surface area contributed by atoms with Gasteiger partial charge in [-0.05, 0) is 66.1 Å². The summed E-state index contributed by atoms with van der Waals surface area (Å²) in [5.41, 5.74) is 2.94. The highest BCUT2D eigenvalue weighted by molar-refractivity contribution is 7.10. The first kappa shape index (κ1) is 21.6. The number of thiophene rings is 1. The van der Waals surface area contributed by atoms with Gasteiger partial charge >= 0.3 is 6.03 Å². The van der Waals surface area contributed by atoms with E-state index in [9.17, 15) is 4.79 Å². The second-order valence-corrected chi connectivity index (χ2v) is 9.28. The fourth-order valence-electron chi connectivity index (χ4n) is 4.71. The van der Waals surface area contributed by atoms with Crippen molar-refractivity contribution < 1.29 is 14.3 Å². The molecule has 5 rings (SSSR count). The molecule has 0 aliphatic carbocycles. The van der Waals surface area contributed by atoms with Gasteiger partial charge in [0.2, 0.25) is 0 Å². The van der Waals surface area contributed by atoms with Crippen molar-refractivity contribution >= 4 is 28.9 Å². The summed E-state index contributed by atoms with van der Waals surface area (Å²) in [4.78, 5) is 23.3. The van der Waals surface area contributed by atoms with Gasteiger partial charge in [-0.1, -0.05) is 6.07 Å². The molecule has 2 aliphatic rings. The van der Waals surface area contributed by atoms with Gasteiger partial charge in [-0.25, -0.2) is 9.78 Å². The lowest BCUT2D eigenvalue weighted by molar-refractivity contribution is 0.194. The van der Waals surface area contributed by atoms with E-state index in [4.69, 9.17) is 9.47 Å². The molecule has 33 heavy (non-hydrogen) atoms. The molecule has 2 aromatic heterocycles. The monoisotopic (exact) mass is 464 g/mol. The summed E-state index contributed by atoms with van der Waals surface area (Å²) in [6, 6.07) is 11.7. The van der Waals surface area contributed by atoms with Gasteiger partial charge < -0.3 is 24.6 Å². The molecule has 2 amide bonds. The van der Waals surface area contributed by atoms with Crippen LogP contribution < -0.4 is 19.7 Å². The number of benzene rings is 1. The smallest absolute Gasteiger partial charge is 0.322 e. The van der Waals surface area contributed by atoms with Crippen LogP contribution in [0, 0.1) is 0 Å². The van der Waals surface area contributed by atoms with Crippen LogP contribution >= 0.6 is 11.3 Å². The molecule has 1 aromatic carbocycles. The summed E-state index contributed by atoms with van der Waals surface area (Å²) in [5.74, 6) is 2.35. The van der Waals surface area contributed by atoms with Crippen molar-refractivity contribution in [3.63, 3.8) is 0 Å². The first-order chi connectivity index (χ1) is 16.2. The van der Waals surface area contributed by atoms with Crippen LogP contribution in [0.25, 0.3) is 0 Å². The lowest BCUT2D eigenvalue weighted by Gasteiger charge is -2.37. The van der Waals surface area contributed by atoms with E-state index in [1.807, 2.05) is 40.6 Å². The molecule has 4 heterocycles. The van der Waals surface area contributed by atoms with Crippen molar-refractivity contribution in [2.45, 2.75) is 25.3 Å². The lowest BCUT2D eigenvalue weighted by Crippen LogP contribution is -2.42. The summed E-state index contributed by atoms with van der Waals surface area (Å²) in [7, 11) is 3.28. The standard InChI is InChI=1S/C25H28N4O3S/c1-31-20-14-17-9-12-29(24(22-6-5-13-33-22)19(17)15-21(20)32-2)25(30)27-18-7-8-23(26-16-18)28-10-3-4-11-28/h5-8,13-16,24H,3-4,9-12H2,1-2H3,(H,27,30). The number of ether oxygens (including phenoxy) is 2. The van der Waals surface area contributed by atoms with Gasteiger partial charge in [-0.15, -0.1) is 11.3 Å². The number of aromatic nitrogens is 1. The summed E-state index contributed by atoms with van der Waals surface area (Å²) in [6.07, 6.45) is 4.91. The zero-order chi connectivity index (χ0) is 22.8. The lowest BCUT2D eigenvalue weighted by atomic mass is 9.91. The quantitative estimate of drug-likeness (QED) is 0.579. The predicted molar refractivity (Wildman–Crippen MR) is 131 cm³/mol. The van der Waals surface area contributed by atoms with E-state index in [-0.39, 0.29) is 12.1 Å². The van der Waals surface area contributed by atoms with Crippen molar-refractivity contribution in [2.75, 3.05) is 44.1 Å². The fraction of sp³-hybridized carbons (Fsp3) is 0.360. The number of pyridine rings is 1. The third kappa shape index (κ3) is 4.23. The first-order valence-electron chi connectivity index (χ1n) is 11.2. The third-order valence-electron chi connectivity index (χ3n) is 6.38. The molecule has 7 nitrogen and oxygen atoms in total. The molecule has 0 bridgehead atoms. The highest BCUT2D eigenvalue weighted by Gasteiger charge is 2.34. The van der Waals surface area contributed by atoms with Crippen LogP contribution in [0.3, 0.4) is 0 Å². The highest BCUT2D eigenvalue weighted by atomic mass is 32.1. The van der Waals surface area contributed by atoms with Crippen molar-refractivity contribution in [1.29, 1.82) is 0 Å².